The van der Waals surface area contributed by atoms with E-state index in [-0.39, 0.29) is 0 Å². The number of nitrogens with two attached hydrogens (primary N) is 1. The van der Waals surface area contributed by atoms with Crippen molar-refractivity contribution in [1.29, 1.82) is 0 Å². The van der Waals surface area contributed by atoms with Crippen LogP contribution in [0.15, 0.2) is 12.4 Å². The maximum atomic E-state index is 5.48. The Kier molecular flexibility index (Phi) is 4.62. The number of imidazole rings is 1. The molecule has 0 aliphatic heterocycles. The van der Waals surface area contributed by atoms with Crippen molar-refractivity contribution in [3.05, 3.63) is 18.2 Å². The Morgan fingerprint density at radius 1 is 1.50 bits per heavy atom. The van der Waals surface area contributed by atoms with Gasteiger partial charge in [0.05, 0.1) is 0 Å². The van der Waals surface area contributed by atoms with Crippen molar-refractivity contribution in [2.24, 2.45) is 5.73 Å². The standard InChI is InChI=1S/C10H20N4/c1-13(2)8-4-10-12-6-9-14(10)7-3-5-11/h6,9H,3-5,7-8,11H2,1-2H3. The molecular formula is C10H20N4. The zero-order valence-electron chi connectivity index (χ0n) is 9.11. The summed E-state index contributed by atoms with van der Waals surface area (Å²) < 4.78 is 2.19. The zero-order valence-corrected chi connectivity index (χ0v) is 9.11. The van der Waals surface area contributed by atoms with Crippen molar-refractivity contribution in [2.45, 2.75) is 19.4 Å². The first-order chi connectivity index (χ1) is 6.74. The second-order valence-corrected chi connectivity index (χ2v) is 3.73. The fourth-order valence-corrected chi connectivity index (χ4v) is 1.36. The summed E-state index contributed by atoms with van der Waals surface area (Å²) in [7, 11) is 4.15. The average molecular weight is 196 g/mol. The number of aromatic nitrogens is 2. The van der Waals surface area contributed by atoms with Crippen LogP contribution in [0, 0.1) is 0 Å². The maximum Gasteiger partial charge on any atom is 0.109 e. The highest BCUT2D eigenvalue weighted by Crippen LogP contribution is 2.00. The summed E-state index contributed by atoms with van der Waals surface area (Å²) in [5.74, 6) is 1.16. The molecule has 0 saturated heterocycles. The number of hydrogen-bond donors (Lipinski definition) is 1. The first-order valence-corrected chi connectivity index (χ1v) is 5.09. The fourth-order valence-electron chi connectivity index (χ4n) is 1.36. The summed E-state index contributed by atoms with van der Waals surface area (Å²) in [5, 5.41) is 0. The van der Waals surface area contributed by atoms with Gasteiger partial charge in [0, 0.05) is 31.9 Å². The molecule has 0 spiro atoms. The van der Waals surface area contributed by atoms with Crippen molar-refractivity contribution < 1.29 is 0 Å². The monoisotopic (exact) mass is 196 g/mol. The van der Waals surface area contributed by atoms with Gasteiger partial charge in [0.2, 0.25) is 0 Å². The van der Waals surface area contributed by atoms with Crippen LogP contribution in [0.25, 0.3) is 0 Å². The Labute approximate surface area is 85.7 Å². The number of nitrogens with zero attached hydrogens (tertiary/aromatic N) is 3. The lowest BCUT2D eigenvalue weighted by Crippen LogP contribution is -2.17. The van der Waals surface area contributed by atoms with E-state index in [0.29, 0.717) is 0 Å². The molecule has 1 aromatic heterocycles. The molecule has 14 heavy (non-hydrogen) atoms. The van der Waals surface area contributed by atoms with Crippen LogP contribution in [0.1, 0.15) is 12.2 Å². The van der Waals surface area contributed by atoms with Crippen LogP contribution < -0.4 is 5.73 Å². The van der Waals surface area contributed by atoms with Gasteiger partial charge in [-0.3, -0.25) is 0 Å². The SMILES string of the molecule is CN(C)CCc1nccn1CCCN. The molecule has 0 aliphatic carbocycles. The minimum atomic E-state index is 0.741. The lowest BCUT2D eigenvalue weighted by molar-refractivity contribution is 0.405. The molecule has 0 unspecified atom stereocenters. The molecule has 0 fully saturated rings. The summed E-state index contributed by atoms with van der Waals surface area (Å²) in [6.45, 7) is 2.77. The van der Waals surface area contributed by atoms with Crippen molar-refractivity contribution in [1.82, 2.24) is 14.5 Å². The Morgan fingerprint density at radius 3 is 2.93 bits per heavy atom. The van der Waals surface area contributed by atoms with Crippen molar-refractivity contribution in [3.63, 3.8) is 0 Å². The molecule has 0 aliphatic rings. The zero-order chi connectivity index (χ0) is 10.4. The van der Waals surface area contributed by atoms with Gasteiger partial charge < -0.3 is 15.2 Å². The molecular weight excluding hydrogens is 176 g/mol. The Bertz CT molecular complexity index is 254. The largest absolute Gasteiger partial charge is 0.335 e. The summed E-state index contributed by atoms with van der Waals surface area (Å²) in [5.41, 5.74) is 5.48. The second kappa shape index (κ2) is 5.78. The lowest BCUT2D eigenvalue weighted by Gasteiger charge is -2.10. The molecule has 0 amide bonds. The molecule has 0 radical (unpaired) electrons. The Balaban J connectivity index is 2.45. The first-order valence-electron chi connectivity index (χ1n) is 5.09. The lowest BCUT2D eigenvalue weighted by atomic mass is 10.3. The first kappa shape index (κ1) is 11.2. The van der Waals surface area contributed by atoms with E-state index in [2.05, 4.69) is 28.5 Å². The Hall–Kier alpha value is -0.870. The molecule has 1 aromatic rings. The van der Waals surface area contributed by atoms with E-state index in [9.17, 15) is 0 Å². The topological polar surface area (TPSA) is 47.1 Å². The van der Waals surface area contributed by atoms with Gasteiger partial charge in [0.1, 0.15) is 5.82 Å². The van der Waals surface area contributed by atoms with Gasteiger partial charge in [-0.1, -0.05) is 0 Å². The Morgan fingerprint density at radius 2 is 2.29 bits per heavy atom. The van der Waals surface area contributed by atoms with Crippen LogP contribution in [0.4, 0.5) is 0 Å². The molecule has 1 heterocycles. The third kappa shape index (κ3) is 3.47. The van der Waals surface area contributed by atoms with E-state index in [1.165, 1.54) is 0 Å². The van der Waals surface area contributed by atoms with Gasteiger partial charge in [0.25, 0.3) is 0 Å². The third-order valence-corrected chi connectivity index (χ3v) is 2.19. The van der Waals surface area contributed by atoms with Crippen LogP contribution in [-0.2, 0) is 13.0 Å². The minimum Gasteiger partial charge on any atom is -0.335 e. The van der Waals surface area contributed by atoms with Crippen molar-refractivity contribution in [3.8, 4) is 0 Å². The molecule has 0 atom stereocenters. The van der Waals surface area contributed by atoms with Crippen molar-refractivity contribution in [2.75, 3.05) is 27.2 Å². The second-order valence-electron chi connectivity index (χ2n) is 3.73. The molecule has 0 saturated carbocycles. The fraction of sp³-hybridized carbons (Fsp3) is 0.700. The highest BCUT2D eigenvalue weighted by atomic mass is 15.1. The molecule has 4 nitrogen and oxygen atoms in total. The van der Waals surface area contributed by atoms with Gasteiger partial charge in [0.15, 0.2) is 0 Å². The summed E-state index contributed by atoms with van der Waals surface area (Å²) in [6.07, 6.45) is 5.91. The third-order valence-electron chi connectivity index (χ3n) is 2.19. The quantitative estimate of drug-likeness (QED) is 0.713. The van der Waals surface area contributed by atoms with E-state index in [1.807, 2.05) is 12.4 Å². The normalized spacial score (nSPS) is 11.1. The molecule has 1 rings (SSSR count). The average Bonchev–Trinajstić information content (AvgIpc) is 2.58. The van der Waals surface area contributed by atoms with Crippen molar-refractivity contribution >= 4 is 0 Å². The van der Waals surface area contributed by atoms with E-state index < -0.39 is 0 Å². The summed E-state index contributed by atoms with van der Waals surface area (Å²) in [6, 6.07) is 0. The van der Waals surface area contributed by atoms with Crippen LogP contribution in [-0.4, -0.2) is 41.6 Å². The van der Waals surface area contributed by atoms with E-state index >= 15 is 0 Å². The number of aryl methyl sites for hydroxylation is 1. The van der Waals surface area contributed by atoms with Crippen LogP contribution in [0.5, 0.6) is 0 Å². The smallest absolute Gasteiger partial charge is 0.109 e. The molecule has 0 aromatic carbocycles. The van der Waals surface area contributed by atoms with Crippen LogP contribution >= 0.6 is 0 Å². The molecule has 2 N–H and O–H groups in total. The predicted molar refractivity (Wildman–Crippen MR) is 58.2 cm³/mol. The van der Waals surface area contributed by atoms with Gasteiger partial charge >= 0.3 is 0 Å². The van der Waals surface area contributed by atoms with Crippen LogP contribution in [0.3, 0.4) is 0 Å². The van der Waals surface area contributed by atoms with E-state index in [0.717, 1.165) is 38.3 Å². The van der Waals surface area contributed by atoms with Gasteiger partial charge in [-0.25, -0.2) is 4.98 Å². The number of rotatable bonds is 6. The molecule has 4 heteroatoms. The van der Waals surface area contributed by atoms with Gasteiger partial charge in [-0.2, -0.15) is 0 Å². The number of likely N-dealkylation sites (N-methyl/N-ethyl adjacent to an activating group) is 1. The van der Waals surface area contributed by atoms with E-state index in [4.69, 9.17) is 5.73 Å². The van der Waals surface area contributed by atoms with Gasteiger partial charge in [-0.15, -0.1) is 0 Å². The highest BCUT2D eigenvalue weighted by molar-refractivity contribution is 4.93. The highest BCUT2D eigenvalue weighted by Gasteiger charge is 2.02. The summed E-state index contributed by atoms with van der Waals surface area (Å²) in [4.78, 5) is 6.51. The summed E-state index contributed by atoms with van der Waals surface area (Å²) >= 11 is 0. The molecule has 0 bridgehead atoms. The molecule has 80 valence electrons. The predicted octanol–water partition coefficient (Wildman–Crippen LogP) is 0.336. The van der Waals surface area contributed by atoms with Crippen LogP contribution in [0.2, 0.25) is 0 Å². The van der Waals surface area contributed by atoms with Gasteiger partial charge in [-0.05, 0) is 27.1 Å². The maximum absolute atomic E-state index is 5.48. The minimum absolute atomic E-state index is 0.741. The number of hydrogen-bond acceptors (Lipinski definition) is 3. The van der Waals surface area contributed by atoms with E-state index in [1.54, 1.807) is 0 Å².